The van der Waals surface area contributed by atoms with Gasteiger partial charge in [0.1, 0.15) is 11.4 Å². The molecular weight excluding hydrogens is 295 g/mol. The zero-order chi connectivity index (χ0) is 16.2. The Kier molecular flexibility index (Phi) is 4.85. The molecular formula is C15H16F3N3O. The first-order valence-corrected chi connectivity index (χ1v) is 6.84. The van der Waals surface area contributed by atoms with Crippen LogP contribution in [-0.4, -0.2) is 21.6 Å². The molecule has 1 N–H and O–H groups in total. The largest absolute Gasteiger partial charge is 0.508 e. The van der Waals surface area contributed by atoms with Crippen molar-refractivity contribution < 1.29 is 18.3 Å². The van der Waals surface area contributed by atoms with E-state index in [9.17, 15) is 18.3 Å². The van der Waals surface area contributed by atoms with Crippen molar-refractivity contribution >= 4 is 5.95 Å². The SMILES string of the molecule is CCCN(Cc1ccccc1O)c1nccc(C(F)(F)F)n1. The maximum atomic E-state index is 12.8. The average molecular weight is 311 g/mol. The number of anilines is 1. The molecule has 2 rings (SSSR count). The molecule has 0 fully saturated rings. The van der Waals surface area contributed by atoms with Crippen LogP contribution < -0.4 is 4.90 Å². The maximum absolute atomic E-state index is 12.8. The molecule has 1 heterocycles. The molecule has 0 spiro atoms. The zero-order valence-corrected chi connectivity index (χ0v) is 12.0. The number of aromatic hydroxyl groups is 1. The summed E-state index contributed by atoms with van der Waals surface area (Å²) >= 11 is 0. The van der Waals surface area contributed by atoms with Gasteiger partial charge in [-0.2, -0.15) is 13.2 Å². The summed E-state index contributed by atoms with van der Waals surface area (Å²) in [6.45, 7) is 2.63. The summed E-state index contributed by atoms with van der Waals surface area (Å²) < 4.78 is 38.3. The summed E-state index contributed by atoms with van der Waals surface area (Å²) in [7, 11) is 0. The van der Waals surface area contributed by atoms with Crippen molar-refractivity contribution in [1.82, 2.24) is 9.97 Å². The lowest BCUT2D eigenvalue weighted by molar-refractivity contribution is -0.141. The molecule has 0 aliphatic rings. The standard InChI is InChI=1S/C15H16F3N3O/c1-2-9-21(10-11-5-3-4-6-12(11)22)14-19-8-7-13(20-14)15(16,17)18/h3-8,22H,2,9-10H2,1H3. The minimum Gasteiger partial charge on any atom is -0.508 e. The summed E-state index contributed by atoms with van der Waals surface area (Å²) in [6, 6.07) is 7.53. The fourth-order valence-corrected chi connectivity index (χ4v) is 2.03. The number of phenolic OH excluding ortho intramolecular Hbond substituents is 1. The lowest BCUT2D eigenvalue weighted by Crippen LogP contribution is -2.26. The van der Waals surface area contributed by atoms with Crippen LogP contribution in [0.4, 0.5) is 19.1 Å². The van der Waals surface area contributed by atoms with Crippen LogP contribution in [0.5, 0.6) is 5.75 Å². The Labute approximate surface area is 126 Å². The minimum atomic E-state index is -4.51. The maximum Gasteiger partial charge on any atom is 0.433 e. The van der Waals surface area contributed by atoms with Gasteiger partial charge in [-0.1, -0.05) is 25.1 Å². The first-order valence-electron chi connectivity index (χ1n) is 6.84. The summed E-state index contributed by atoms with van der Waals surface area (Å²) in [6.07, 6.45) is -2.70. The Morgan fingerprint density at radius 2 is 1.91 bits per heavy atom. The fraction of sp³-hybridized carbons (Fsp3) is 0.333. The molecule has 0 unspecified atom stereocenters. The molecule has 0 saturated carbocycles. The number of para-hydroxylation sites is 1. The van der Waals surface area contributed by atoms with Crippen LogP contribution in [0.2, 0.25) is 0 Å². The highest BCUT2D eigenvalue weighted by molar-refractivity contribution is 5.38. The quantitative estimate of drug-likeness (QED) is 0.916. The molecule has 0 atom stereocenters. The molecule has 22 heavy (non-hydrogen) atoms. The molecule has 0 aliphatic heterocycles. The van der Waals surface area contributed by atoms with Crippen molar-refractivity contribution in [2.45, 2.75) is 26.1 Å². The summed E-state index contributed by atoms with van der Waals surface area (Å²) in [5.41, 5.74) is -0.368. The number of phenols is 1. The summed E-state index contributed by atoms with van der Waals surface area (Å²) in [4.78, 5) is 9.14. The Morgan fingerprint density at radius 1 is 1.18 bits per heavy atom. The van der Waals surface area contributed by atoms with E-state index >= 15 is 0 Å². The van der Waals surface area contributed by atoms with Crippen molar-refractivity contribution in [2.24, 2.45) is 0 Å². The molecule has 0 amide bonds. The Morgan fingerprint density at radius 3 is 2.55 bits per heavy atom. The molecule has 0 aliphatic carbocycles. The molecule has 0 bridgehead atoms. The molecule has 1 aromatic heterocycles. The third-order valence-electron chi connectivity index (χ3n) is 3.06. The van der Waals surface area contributed by atoms with Gasteiger partial charge in [-0.25, -0.2) is 9.97 Å². The van der Waals surface area contributed by atoms with Gasteiger partial charge in [-0.15, -0.1) is 0 Å². The van der Waals surface area contributed by atoms with E-state index in [-0.39, 0.29) is 18.2 Å². The second-order valence-corrected chi connectivity index (χ2v) is 4.79. The highest BCUT2D eigenvalue weighted by atomic mass is 19.4. The van der Waals surface area contributed by atoms with Crippen LogP contribution >= 0.6 is 0 Å². The van der Waals surface area contributed by atoms with E-state index in [0.717, 1.165) is 12.3 Å². The lowest BCUT2D eigenvalue weighted by atomic mass is 10.2. The number of halogens is 3. The first kappa shape index (κ1) is 16.1. The van der Waals surface area contributed by atoms with Gasteiger partial charge in [0.15, 0.2) is 0 Å². The van der Waals surface area contributed by atoms with E-state index in [4.69, 9.17) is 0 Å². The summed E-state index contributed by atoms with van der Waals surface area (Å²) in [5.74, 6) is 0.0931. The van der Waals surface area contributed by atoms with E-state index in [1.807, 2.05) is 6.92 Å². The van der Waals surface area contributed by atoms with Crippen molar-refractivity contribution in [3.05, 3.63) is 47.8 Å². The normalized spacial score (nSPS) is 11.5. The Bertz CT molecular complexity index is 631. The van der Waals surface area contributed by atoms with Gasteiger partial charge >= 0.3 is 6.18 Å². The topological polar surface area (TPSA) is 49.2 Å². The Hall–Kier alpha value is -2.31. The van der Waals surface area contributed by atoms with Crippen LogP contribution in [0.1, 0.15) is 24.6 Å². The number of hydrogen-bond acceptors (Lipinski definition) is 4. The highest BCUT2D eigenvalue weighted by Crippen LogP contribution is 2.28. The summed E-state index contributed by atoms with van der Waals surface area (Å²) in [5, 5.41) is 9.81. The highest BCUT2D eigenvalue weighted by Gasteiger charge is 2.33. The number of nitrogens with zero attached hydrogens (tertiary/aromatic N) is 3. The number of aromatic nitrogens is 2. The van der Waals surface area contributed by atoms with Crippen molar-refractivity contribution in [3.8, 4) is 5.75 Å². The molecule has 0 radical (unpaired) electrons. The van der Waals surface area contributed by atoms with Gasteiger partial charge < -0.3 is 10.0 Å². The molecule has 1 aromatic carbocycles. The monoisotopic (exact) mass is 311 g/mol. The van der Waals surface area contributed by atoms with Crippen LogP contribution in [0.15, 0.2) is 36.5 Å². The van der Waals surface area contributed by atoms with Crippen molar-refractivity contribution in [3.63, 3.8) is 0 Å². The third-order valence-corrected chi connectivity index (χ3v) is 3.06. The van der Waals surface area contributed by atoms with Gasteiger partial charge in [0.25, 0.3) is 0 Å². The van der Waals surface area contributed by atoms with Gasteiger partial charge in [-0.05, 0) is 18.6 Å². The smallest absolute Gasteiger partial charge is 0.433 e. The van der Waals surface area contributed by atoms with Crippen LogP contribution in [0, 0.1) is 0 Å². The van der Waals surface area contributed by atoms with E-state index in [0.29, 0.717) is 18.5 Å². The van der Waals surface area contributed by atoms with Crippen LogP contribution in [-0.2, 0) is 12.7 Å². The van der Waals surface area contributed by atoms with E-state index in [1.165, 1.54) is 6.07 Å². The number of benzene rings is 1. The molecule has 7 heteroatoms. The fourth-order valence-electron chi connectivity index (χ4n) is 2.03. The average Bonchev–Trinajstić information content (AvgIpc) is 2.48. The molecule has 2 aromatic rings. The van der Waals surface area contributed by atoms with E-state index < -0.39 is 11.9 Å². The Balaban J connectivity index is 2.30. The van der Waals surface area contributed by atoms with Crippen molar-refractivity contribution in [2.75, 3.05) is 11.4 Å². The number of rotatable bonds is 5. The van der Waals surface area contributed by atoms with Gasteiger partial charge in [-0.3, -0.25) is 0 Å². The minimum absolute atomic E-state index is 0.0000666. The molecule has 118 valence electrons. The van der Waals surface area contributed by atoms with Crippen LogP contribution in [0.25, 0.3) is 0 Å². The number of alkyl halides is 3. The second-order valence-electron chi connectivity index (χ2n) is 4.79. The van der Waals surface area contributed by atoms with E-state index in [2.05, 4.69) is 9.97 Å². The van der Waals surface area contributed by atoms with Gasteiger partial charge in [0.2, 0.25) is 5.95 Å². The molecule has 4 nitrogen and oxygen atoms in total. The van der Waals surface area contributed by atoms with Gasteiger partial charge in [0.05, 0.1) is 0 Å². The zero-order valence-electron chi connectivity index (χ0n) is 12.0. The van der Waals surface area contributed by atoms with Gasteiger partial charge in [0, 0.05) is 24.8 Å². The van der Waals surface area contributed by atoms with Crippen molar-refractivity contribution in [1.29, 1.82) is 0 Å². The third kappa shape index (κ3) is 3.87. The van der Waals surface area contributed by atoms with E-state index in [1.54, 1.807) is 23.1 Å². The van der Waals surface area contributed by atoms with Crippen LogP contribution in [0.3, 0.4) is 0 Å². The lowest BCUT2D eigenvalue weighted by Gasteiger charge is -2.23. The molecule has 0 saturated heterocycles. The predicted molar refractivity (Wildman–Crippen MR) is 76.5 cm³/mol. The first-order chi connectivity index (χ1) is 10.4. The second kappa shape index (κ2) is 6.64. The predicted octanol–water partition coefficient (Wildman–Crippen LogP) is 3.62. The number of hydrogen-bond donors (Lipinski definition) is 1.